The molecule has 25 heavy (non-hydrogen) atoms. The number of aromatic hydroxyl groups is 1. The lowest BCUT2D eigenvalue weighted by atomic mass is 10.2. The standard InChI is InChI=1S/C16H10F3NO4S/c1-23-14(22)8-4-10(21)7-11(5-8)24-15-20-12-6-9(16(17,18)19)2-3-13(12)25-15/h2-7,21H,1H3. The molecule has 130 valence electrons. The number of fused-ring (bicyclic) bond motifs is 1. The minimum atomic E-state index is -4.46. The maximum absolute atomic E-state index is 12.7. The second kappa shape index (κ2) is 6.25. The molecule has 1 aromatic heterocycles. The number of thiazole rings is 1. The van der Waals surface area contributed by atoms with Gasteiger partial charge >= 0.3 is 12.1 Å². The molecule has 0 aliphatic rings. The third kappa shape index (κ3) is 3.66. The van der Waals surface area contributed by atoms with Crippen molar-refractivity contribution in [3.63, 3.8) is 0 Å². The van der Waals surface area contributed by atoms with Crippen LogP contribution in [0.1, 0.15) is 15.9 Å². The molecular weight excluding hydrogens is 359 g/mol. The second-order valence-corrected chi connectivity index (χ2v) is 5.96. The van der Waals surface area contributed by atoms with Crippen LogP contribution < -0.4 is 4.74 Å². The molecule has 0 saturated heterocycles. The molecule has 2 aromatic carbocycles. The summed E-state index contributed by atoms with van der Waals surface area (Å²) in [6.45, 7) is 0. The molecule has 3 aromatic rings. The Morgan fingerprint density at radius 2 is 1.96 bits per heavy atom. The van der Waals surface area contributed by atoms with E-state index in [-0.39, 0.29) is 27.8 Å². The van der Waals surface area contributed by atoms with Crippen LogP contribution in [0.4, 0.5) is 13.2 Å². The van der Waals surface area contributed by atoms with Crippen molar-refractivity contribution in [2.24, 2.45) is 0 Å². The smallest absolute Gasteiger partial charge is 0.416 e. The third-order valence-corrected chi connectivity index (χ3v) is 4.13. The number of ether oxygens (including phenoxy) is 2. The summed E-state index contributed by atoms with van der Waals surface area (Å²) < 4.78 is 48.8. The highest BCUT2D eigenvalue weighted by atomic mass is 32.1. The van der Waals surface area contributed by atoms with E-state index in [1.165, 1.54) is 31.4 Å². The highest BCUT2D eigenvalue weighted by Crippen LogP contribution is 2.36. The van der Waals surface area contributed by atoms with Crippen molar-refractivity contribution in [1.29, 1.82) is 0 Å². The molecule has 0 unspecified atom stereocenters. The van der Waals surface area contributed by atoms with Gasteiger partial charge in [-0.05, 0) is 30.3 Å². The zero-order valence-corrected chi connectivity index (χ0v) is 13.4. The number of hydrogen-bond acceptors (Lipinski definition) is 6. The van der Waals surface area contributed by atoms with Crippen LogP contribution in [0.5, 0.6) is 16.7 Å². The zero-order chi connectivity index (χ0) is 18.2. The van der Waals surface area contributed by atoms with Crippen molar-refractivity contribution in [2.75, 3.05) is 7.11 Å². The van der Waals surface area contributed by atoms with Gasteiger partial charge < -0.3 is 14.6 Å². The first-order chi connectivity index (χ1) is 11.8. The molecule has 0 bridgehead atoms. The number of aromatic nitrogens is 1. The fourth-order valence-electron chi connectivity index (χ4n) is 2.11. The van der Waals surface area contributed by atoms with Crippen molar-refractivity contribution in [1.82, 2.24) is 4.98 Å². The lowest BCUT2D eigenvalue weighted by Crippen LogP contribution is -2.03. The van der Waals surface area contributed by atoms with Crippen LogP contribution in [-0.2, 0) is 10.9 Å². The number of phenolic OH excluding ortho intramolecular Hbond substituents is 1. The summed E-state index contributed by atoms with van der Waals surface area (Å²) >= 11 is 1.04. The summed E-state index contributed by atoms with van der Waals surface area (Å²) in [6, 6.07) is 6.99. The van der Waals surface area contributed by atoms with E-state index in [0.29, 0.717) is 4.70 Å². The number of carbonyl (C=O) groups is 1. The molecule has 0 saturated carbocycles. The van der Waals surface area contributed by atoms with Crippen LogP contribution in [0.25, 0.3) is 10.2 Å². The van der Waals surface area contributed by atoms with E-state index in [1.54, 1.807) is 0 Å². The molecule has 0 aliphatic carbocycles. The maximum atomic E-state index is 12.7. The van der Waals surface area contributed by atoms with Gasteiger partial charge in [-0.25, -0.2) is 9.78 Å². The molecule has 0 aliphatic heterocycles. The molecule has 0 atom stereocenters. The minimum absolute atomic E-state index is 0.0676. The number of hydrogen-bond donors (Lipinski definition) is 1. The van der Waals surface area contributed by atoms with Gasteiger partial charge in [-0.2, -0.15) is 13.2 Å². The summed E-state index contributed by atoms with van der Waals surface area (Å²) in [5.74, 6) is -0.784. The van der Waals surface area contributed by atoms with E-state index in [1.807, 2.05) is 0 Å². The fourth-order valence-corrected chi connectivity index (χ4v) is 2.92. The molecule has 1 heterocycles. The lowest BCUT2D eigenvalue weighted by Gasteiger charge is -2.05. The van der Waals surface area contributed by atoms with Crippen LogP contribution in [0.2, 0.25) is 0 Å². The van der Waals surface area contributed by atoms with Crippen molar-refractivity contribution < 1.29 is 32.5 Å². The number of carbonyl (C=O) groups excluding carboxylic acids is 1. The molecule has 5 nitrogen and oxygen atoms in total. The van der Waals surface area contributed by atoms with Crippen LogP contribution >= 0.6 is 11.3 Å². The number of alkyl halides is 3. The van der Waals surface area contributed by atoms with Gasteiger partial charge in [-0.3, -0.25) is 0 Å². The Morgan fingerprint density at radius 1 is 1.20 bits per heavy atom. The Balaban J connectivity index is 1.93. The van der Waals surface area contributed by atoms with Crippen molar-refractivity contribution in [3.8, 4) is 16.7 Å². The average molecular weight is 369 g/mol. The number of methoxy groups -OCH3 is 1. The van der Waals surface area contributed by atoms with Crippen molar-refractivity contribution in [3.05, 3.63) is 47.5 Å². The zero-order valence-electron chi connectivity index (χ0n) is 12.6. The van der Waals surface area contributed by atoms with E-state index in [4.69, 9.17) is 4.74 Å². The number of halogens is 3. The largest absolute Gasteiger partial charge is 0.508 e. The van der Waals surface area contributed by atoms with Gasteiger partial charge in [0.05, 0.1) is 28.5 Å². The number of benzene rings is 2. The Labute approximate surface area is 143 Å². The van der Waals surface area contributed by atoms with E-state index in [9.17, 15) is 23.1 Å². The summed E-state index contributed by atoms with van der Waals surface area (Å²) in [5.41, 5.74) is -0.594. The topological polar surface area (TPSA) is 68.7 Å². The van der Waals surface area contributed by atoms with Gasteiger partial charge in [-0.1, -0.05) is 11.3 Å². The number of nitrogens with zero attached hydrogens (tertiary/aromatic N) is 1. The lowest BCUT2D eigenvalue weighted by molar-refractivity contribution is -0.137. The van der Waals surface area contributed by atoms with Gasteiger partial charge in [0.2, 0.25) is 0 Å². The second-order valence-electron chi connectivity index (χ2n) is 4.97. The first-order valence-electron chi connectivity index (χ1n) is 6.84. The summed E-state index contributed by atoms with van der Waals surface area (Å²) in [6.07, 6.45) is -4.46. The molecule has 0 fully saturated rings. The van der Waals surface area contributed by atoms with E-state index in [2.05, 4.69) is 9.72 Å². The number of phenols is 1. The maximum Gasteiger partial charge on any atom is 0.416 e. The van der Waals surface area contributed by atoms with Crippen molar-refractivity contribution in [2.45, 2.75) is 6.18 Å². The SMILES string of the molecule is COC(=O)c1cc(O)cc(Oc2nc3cc(C(F)(F)F)ccc3s2)c1. The highest BCUT2D eigenvalue weighted by molar-refractivity contribution is 7.20. The summed E-state index contributed by atoms with van der Waals surface area (Å²) in [7, 11) is 1.19. The highest BCUT2D eigenvalue weighted by Gasteiger charge is 2.30. The van der Waals surface area contributed by atoms with Crippen LogP contribution in [0, 0.1) is 0 Å². The van der Waals surface area contributed by atoms with Gasteiger partial charge in [-0.15, -0.1) is 0 Å². The quantitative estimate of drug-likeness (QED) is 0.684. The van der Waals surface area contributed by atoms with E-state index >= 15 is 0 Å². The van der Waals surface area contributed by atoms with Crippen LogP contribution in [0.15, 0.2) is 36.4 Å². The summed E-state index contributed by atoms with van der Waals surface area (Å²) in [4.78, 5) is 15.5. The van der Waals surface area contributed by atoms with Crippen LogP contribution in [-0.4, -0.2) is 23.2 Å². The molecule has 1 N–H and O–H groups in total. The average Bonchev–Trinajstić information content (AvgIpc) is 2.93. The van der Waals surface area contributed by atoms with Gasteiger partial charge in [0.25, 0.3) is 5.19 Å². The first-order valence-corrected chi connectivity index (χ1v) is 7.66. The van der Waals surface area contributed by atoms with Crippen LogP contribution in [0.3, 0.4) is 0 Å². The Kier molecular flexibility index (Phi) is 4.25. The molecule has 0 spiro atoms. The Bertz CT molecular complexity index is 952. The van der Waals surface area contributed by atoms with Gasteiger partial charge in [0.15, 0.2) is 0 Å². The molecule has 0 radical (unpaired) electrons. The molecule has 3 rings (SSSR count). The van der Waals surface area contributed by atoms with E-state index in [0.717, 1.165) is 23.5 Å². The minimum Gasteiger partial charge on any atom is -0.508 e. The number of rotatable bonds is 3. The van der Waals surface area contributed by atoms with E-state index < -0.39 is 17.7 Å². The third-order valence-electron chi connectivity index (χ3n) is 3.21. The van der Waals surface area contributed by atoms with Gasteiger partial charge in [0.1, 0.15) is 11.5 Å². The van der Waals surface area contributed by atoms with Crippen molar-refractivity contribution >= 4 is 27.5 Å². The predicted octanol–water partition coefficient (Wildman–Crippen LogP) is 4.60. The molecule has 0 amide bonds. The summed E-state index contributed by atoms with van der Waals surface area (Å²) in [5, 5.41) is 9.73. The number of esters is 1. The predicted molar refractivity (Wildman–Crippen MR) is 84.1 cm³/mol. The molecular formula is C16H10F3NO4S. The molecule has 9 heteroatoms. The first kappa shape index (κ1) is 17.0. The Morgan fingerprint density at radius 3 is 2.64 bits per heavy atom. The normalized spacial score (nSPS) is 11.5. The Hall–Kier alpha value is -2.81. The fraction of sp³-hybridized carbons (Fsp3) is 0.125. The monoisotopic (exact) mass is 369 g/mol. The van der Waals surface area contributed by atoms with Gasteiger partial charge in [0, 0.05) is 6.07 Å².